The van der Waals surface area contributed by atoms with Gasteiger partial charge in [0.1, 0.15) is 5.75 Å². The second-order valence-corrected chi connectivity index (χ2v) is 7.44. The fourth-order valence-corrected chi connectivity index (χ4v) is 3.96. The number of morpholine rings is 1. The van der Waals surface area contributed by atoms with Gasteiger partial charge in [0.05, 0.1) is 31.9 Å². The molecule has 2 aromatic rings. The first-order valence-corrected chi connectivity index (χ1v) is 10.2. The van der Waals surface area contributed by atoms with Crippen LogP contribution in [0.3, 0.4) is 0 Å². The van der Waals surface area contributed by atoms with Crippen LogP contribution in [0.5, 0.6) is 5.75 Å². The van der Waals surface area contributed by atoms with E-state index in [1.165, 1.54) is 0 Å². The quantitative estimate of drug-likeness (QED) is 0.734. The minimum absolute atomic E-state index is 0.00432. The highest BCUT2D eigenvalue weighted by molar-refractivity contribution is 5.95. The predicted octanol–water partition coefficient (Wildman–Crippen LogP) is 1.97. The Labute approximate surface area is 175 Å². The monoisotopic (exact) mass is 410 g/mol. The summed E-state index contributed by atoms with van der Waals surface area (Å²) < 4.78 is 16.1. The Morgan fingerprint density at radius 3 is 2.63 bits per heavy atom. The Bertz CT molecular complexity index is 893. The molecule has 30 heavy (non-hydrogen) atoms. The lowest BCUT2D eigenvalue weighted by Crippen LogP contribution is -2.47. The van der Waals surface area contributed by atoms with Gasteiger partial charge in [0, 0.05) is 26.1 Å². The summed E-state index contributed by atoms with van der Waals surface area (Å²) in [6.45, 7) is 3.33. The molecule has 0 spiro atoms. The largest absolute Gasteiger partial charge is 0.497 e. The van der Waals surface area contributed by atoms with E-state index in [1.54, 1.807) is 19.2 Å². The van der Waals surface area contributed by atoms with Gasteiger partial charge in [0.15, 0.2) is 6.10 Å². The number of benzene rings is 2. The standard InChI is InChI=1S/C23H26N2O5/c1-28-18-8-6-16(7-9-18)20(25-10-12-29-13-11-25)15-24-22(26)21-14-17-4-2-3-5-19(17)23(27)30-21/h2-9,20-21H,10-15H2,1H3,(H,24,26)/t20-,21+/m0/s1. The van der Waals surface area contributed by atoms with Gasteiger partial charge in [-0.2, -0.15) is 0 Å². The molecule has 2 aromatic carbocycles. The fraction of sp³-hybridized carbons (Fsp3) is 0.391. The molecule has 2 heterocycles. The molecule has 1 saturated heterocycles. The first kappa shape index (κ1) is 20.4. The number of esters is 1. The van der Waals surface area contributed by atoms with Crippen molar-refractivity contribution < 1.29 is 23.8 Å². The number of amides is 1. The average molecular weight is 410 g/mol. The first-order valence-electron chi connectivity index (χ1n) is 10.2. The summed E-state index contributed by atoms with van der Waals surface area (Å²) in [5.41, 5.74) is 2.46. The number of nitrogens with one attached hydrogen (secondary N) is 1. The number of carbonyl (C=O) groups excluding carboxylic acids is 2. The predicted molar refractivity (Wildman–Crippen MR) is 110 cm³/mol. The van der Waals surface area contributed by atoms with Crippen LogP contribution in [-0.2, 0) is 20.7 Å². The van der Waals surface area contributed by atoms with Crippen LogP contribution < -0.4 is 10.1 Å². The molecule has 2 aliphatic heterocycles. The van der Waals surface area contributed by atoms with Crippen molar-refractivity contribution in [2.75, 3.05) is 40.0 Å². The summed E-state index contributed by atoms with van der Waals surface area (Å²) >= 11 is 0. The van der Waals surface area contributed by atoms with Gasteiger partial charge >= 0.3 is 5.97 Å². The third-order valence-electron chi connectivity index (χ3n) is 5.64. The Kier molecular flexibility index (Phi) is 6.30. The van der Waals surface area contributed by atoms with Crippen molar-refractivity contribution in [2.45, 2.75) is 18.6 Å². The maximum Gasteiger partial charge on any atom is 0.339 e. The Morgan fingerprint density at radius 1 is 1.17 bits per heavy atom. The molecule has 1 N–H and O–H groups in total. The van der Waals surface area contributed by atoms with E-state index < -0.39 is 12.1 Å². The van der Waals surface area contributed by atoms with Crippen molar-refractivity contribution in [2.24, 2.45) is 0 Å². The maximum absolute atomic E-state index is 12.8. The number of nitrogens with zero attached hydrogens (tertiary/aromatic N) is 1. The summed E-state index contributed by atoms with van der Waals surface area (Å²) in [7, 11) is 1.64. The van der Waals surface area contributed by atoms with Gasteiger partial charge in [0.2, 0.25) is 0 Å². The molecule has 2 atom stereocenters. The van der Waals surface area contributed by atoms with E-state index in [1.807, 2.05) is 36.4 Å². The second-order valence-electron chi connectivity index (χ2n) is 7.44. The van der Waals surface area contributed by atoms with Crippen molar-refractivity contribution in [3.05, 3.63) is 65.2 Å². The molecular weight excluding hydrogens is 384 g/mol. The molecule has 0 aromatic heterocycles. The highest BCUT2D eigenvalue weighted by Gasteiger charge is 2.32. The van der Waals surface area contributed by atoms with Crippen LogP contribution in [0.1, 0.15) is 27.5 Å². The lowest BCUT2D eigenvalue weighted by atomic mass is 9.98. The molecule has 0 radical (unpaired) electrons. The Hall–Kier alpha value is -2.90. The molecule has 1 amide bonds. The van der Waals surface area contributed by atoms with Gasteiger partial charge in [0.25, 0.3) is 5.91 Å². The van der Waals surface area contributed by atoms with Crippen LogP contribution in [0.25, 0.3) is 0 Å². The van der Waals surface area contributed by atoms with Crippen molar-refractivity contribution in [3.8, 4) is 5.75 Å². The molecule has 0 unspecified atom stereocenters. The van der Waals surface area contributed by atoms with Gasteiger partial charge < -0.3 is 19.5 Å². The fourth-order valence-electron chi connectivity index (χ4n) is 3.96. The molecule has 7 nitrogen and oxygen atoms in total. The van der Waals surface area contributed by atoms with Crippen molar-refractivity contribution in [3.63, 3.8) is 0 Å². The van der Waals surface area contributed by atoms with E-state index >= 15 is 0 Å². The molecule has 2 aliphatic rings. The van der Waals surface area contributed by atoms with E-state index in [4.69, 9.17) is 14.2 Å². The normalized spacial score (nSPS) is 20.0. The molecule has 1 fully saturated rings. The van der Waals surface area contributed by atoms with Crippen molar-refractivity contribution in [1.82, 2.24) is 10.2 Å². The molecule has 0 aliphatic carbocycles. The van der Waals surface area contributed by atoms with E-state index in [-0.39, 0.29) is 11.9 Å². The summed E-state index contributed by atoms with van der Waals surface area (Å²) in [6, 6.07) is 15.1. The van der Waals surface area contributed by atoms with Crippen LogP contribution in [0.4, 0.5) is 0 Å². The summed E-state index contributed by atoms with van der Waals surface area (Å²) in [5.74, 6) is 0.0674. The SMILES string of the molecule is COc1ccc([C@H](CNC(=O)[C@H]2Cc3ccccc3C(=O)O2)N2CCOCC2)cc1. The van der Waals surface area contributed by atoms with Gasteiger partial charge in [-0.05, 0) is 29.3 Å². The van der Waals surface area contributed by atoms with Gasteiger partial charge in [-0.15, -0.1) is 0 Å². The van der Waals surface area contributed by atoms with Crippen molar-refractivity contribution in [1.29, 1.82) is 0 Å². The van der Waals surface area contributed by atoms with E-state index in [0.29, 0.717) is 31.7 Å². The number of hydrogen-bond donors (Lipinski definition) is 1. The maximum atomic E-state index is 12.8. The van der Waals surface area contributed by atoms with Crippen LogP contribution in [-0.4, -0.2) is 62.8 Å². The topological polar surface area (TPSA) is 77.1 Å². The lowest BCUT2D eigenvalue weighted by Gasteiger charge is -2.35. The van der Waals surface area contributed by atoms with Gasteiger partial charge in [-0.1, -0.05) is 30.3 Å². The summed E-state index contributed by atoms with van der Waals surface area (Å²) in [6.07, 6.45) is -0.424. The van der Waals surface area contributed by atoms with Crippen molar-refractivity contribution >= 4 is 11.9 Å². The van der Waals surface area contributed by atoms with Crippen LogP contribution >= 0.6 is 0 Å². The molecule has 4 rings (SSSR count). The zero-order valence-electron chi connectivity index (χ0n) is 17.0. The Balaban J connectivity index is 1.45. The van der Waals surface area contributed by atoms with Crippen LogP contribution in [0.15, 0.2) is 48.5 Å². The van der Waals surface area contributed by atoms with Gasteiger partial charge in [-0.3, -0.25) is 9.69 Å². The molecular formula is C23H26N2O5. The molecule has 0 saturated carbocycles. The minimum Gasteiger partial charge on any atom is -0.497 e. The number of rotatable bonds is 6. The number of fused-ring (bicyclic) bond motifs is 1. The highest BCUT2D eigenvalue weighted by Crippen LogP contribution is 2.24. The smallest absolute Gasteiger partial charge is 0.339 e. The highest BCUT2D eigenvalue weighted by atomic mass is 16.5. The Morgan fingerprint density at radius 2 is 1.90 bits per heavy atom. The number of carbonyl (C=O) groups is 2. The number of hydrogen-bond acceptors (Lipinski definition) is 6. The van der Waals surface area contributed by atoms with E-state index in [2.05, 4.69) is 10.2 Å². The zero-order chi connectivity index (χ0) is 20.9. The van der Waals surface area contributed by atoms with Crippen LogP contribution in [0.2, 0.25) is 0 Å². The number of cyclic esters (lactones) is 1. The number of methoxy groups -OCH3 is 1. The molecule has 7 heteroatoms. The summed E-state index contributed by atoms with van der Waals surface area (Å²) in [5, 5.41) is 3.00. The van der Waals surface area contributed by atoms with Gasteiger partial charge in [-0.25, -0.2) is 4.79 Å². The zero-order valence-corrected chi connectivity index (χ0v) is 17.0. The van der Waals surface area contributed by atoms with E-state index in [0.717, 1.165) is 30.0 Å². The molecule has 0 bridgehead atoms. The average Bonchev–Trinajstić information content (AvgIpc) is 2.80. The first-order chi connectivity index (χ1) is 14.7. The molecule has 158 valence electrons. The second kappa shape index (κ2) is 9.28. The third kappa shape index (κ3) is 4.47. The number of ether oxygens (including phenoxy) is 3. The summed E-state index contributed by atoms with van der Waals surface area (Å²) in [4.78, 5) is 27.4. The third-order valence-corrected chi connectivity index (χ3v) is 5.64. The minimum atomic E-state index is -0.811. The lowest BCUT2D eigenvalue weighted by molar-refractivity contribution is -0.130. The van der Waals surface area contributed by atoms with E-state index in [9.17, 15) is 9.59 Å². The van der Waals surface area contributed by atoms with Crippen LogP contribution in [0, 0.1) is 0 Å².